The number of benzene rings is 1. The summed E-state index contributed by atoms with van der Waals surface area (Å²) in [5, 5.41) is 0. The highest BCUT2D eigenvalue weighted by Gasteiger charge is 2.14. The maximum atomic E-state index is 11.5. The molecule has 0 fully saturated rings. The lowest BCUT2D eigenvalue weighted by Crippen LogP contribution is -2.10. The molecule has 1 rings (SSSR count). The van der Waals surface area contributed by atoms with Crippen LogP contribution in [0.25, 0.3) is 0 Å². The van der Waals surface area contributed by atoms with Crippen molar-refractivity contribution in [3.05, 3.63) is 23.8 Å². The number of para-hydroxylation sites is 1. The van der Waals surface area contributed by atoms with Gasteiger partial charge >= 0.3 is 5.97 Å². The van der Waals surface area contributed by atoms with E-state index in [1.165, 1.54) is 0 Å². The molecule has 0 aliphatic carbocycles. The van der Waals surface area contributed by atoms with Crippen LogP contribution in [0.2, 0.25) is 0 Å². The normalized spacial score (nSPS) is 9.89. The zero-order valence-electron chi connectivity index (χ0n) is 10.1. The van der Waals surface area contributed by atoms with Crippen molar-refractivity contribution in [2.75, 3.05) is 12.5 Å². The molecule has 0 atom stereocenters. The van der Waals surface area contributed by atoms with Crippen LogP contribution in [0.15, 0.2) is 18.2 Å². The van der Waals surface area contributed by atoms with Crippen molar-refractivity contribution in [2.45, 2.75) is 19.8 Å². The molecule has 0 spiro atoms. The first-order chi connectivity index (χ1) is 8.72. The number of carbonyl (C=O) groups excluding carboxylic acids is 2. The van der Waals surface area contributed by atoms with Crippen molar-refractivity contribution in [3.8, 4) is 11.5 Å². The fraction of sp³-hybridized carbons (Fsp3) is 0.385. The number of alkyl halides is 1. The Morgan fingerprint density at radius 1 is 1.44 bits per heavy atom. The molecule has 0 N–H and O–H groups in total. The number of ether oxygens (including phenoxy) is 2. The second-order valence-electron chi connectivity index (χ2n) is 3.49. The number of hydrogen-bond donors (Lipinski definition) is 0. The average Bonchev–Trinajstić information content (AvgIpc) is 2.38. The Kier molecular flexibility index (Phi) is 6.22. The molecule has 0 aromatic heterocycles. The van der Waals surface area contributed by atoms with E-state index in [1.807, 2.05) is 6.92 Å². The summed E-state index contributed by atoms with van der Waals surface area (Å²) >= 11 is 5.50. The second kappa shape index (κ2) is 7.71. The second-order valence-corrected chi connectivity index (χ2v) is 3.87. The number of carbonyl (C=O) groups is 2. The van der Waals surface area contributed by atoms with Gasteiger partial charge in [-0.15, -0.1) is 11.6 Å². The van der Waals surface area contributed by atoms with Crippen molar-refractivity contribution in [1.82, 2.24) is 0 Å². The van der Waals surface area contributed by atoms with Crippen LogP contribution in [0.4, 0.5) is 0 Å². The molecule has 98 valence electrons. The lowest BCUT2D eigenvalue weighted by molar-refractivity contribution is -0.134. The molecule has 0 aliphatic heterocycles. The quantitative estimate of drug-likeness (QED) is 0.331. The van der Waals surface area contributed by atoms with E-state index in [1.54, 1.807) is 18.2 Å². The molecule has 1 aromatic rings. The third-order valence-electron chi connectivity index (χ3n) is 2.17. The highest BCUT2D eigenvalue weighted by molar-refractivity contribution is 6.17. The first-order valence-electron chi connectivity index (χ1n) is 5.70. The summed E-state index contributed by atoms with van der Waals surface area (Å²) in [5.74, 6) is 0.532. The van der Waals surface area contributed by atoms with E-state index >= 15 is 0 Å². The van der Waals surface area contributed by atoms with Gasteiger partial charge < -0.3 is 9.47 Å². The lowest BCUT2D eigenvalue weighted by atomic mass is 10.2. The van der Waals surface area contributed by atoms with Crippen LogP contribution in [-0.4, -0.2) is 24.7 Å². The van der Waals surface area contributed by atoms with Gasteiger partial charge in [-0.3, -0.25) is 9.59 Å². The summed E-state index contributed by atoms with van der Waals surface area (Å²) in [7, 11) is 0. The van der Waals surface area contributed by atoms with Crippen molar-refractivity contribution in [1.29, 1.82) is 0 Å². The molecule has 1 aromatic carbocycles. The van der Waals surface area contributed by atoms with Gasteiger partial charge in [0.15, 0.2) is 17.8 Å². The number of halogens is 1. The van der Waals surface area contributed by atoms with Gasteiger partial charge in [0.05, 0.1) is 12.2 Å². The molecule has 0 saturated carbocycles. The minimum atomic E-state index is -0.425. The molecule has 0 amide bonds. The molecule has 18 heavy (non-hydrogen) atoms. The zero-order chi connectivity index (χ0) is 13.4. The predicted molar refractivity (Wildman–Crippen MR) is 68.6 cm³/mol. The summed E-state index contributed by atoms with van der Waals surface area (Å²) in [5.41, 5.74) is 0.292. The summed E-state index contributed by atoms with van der Waals surface area (Å²) in [6.07, 6.45) is 1.38. The summed E-state index contributed by atoms with van der Waals surface area (Å²) < 4.78 is 10.5. The Morgan fingerprint density at radius 3 is 2.83 bits per heavy atom. The maximum absolute atomic E-state index is 11.5. The van der Waals surface area contributed by atoms with Gasteiger partial charge in [-0.1, -0.05) is 6.07 Å². The summed E-state index contributed by atoms with van der Waals surface area (Å²) in [6, 6.07) is 4.89. The minimum absolute atomic E-state index is 0.175. The number of hydrogen-bond acceptors (Lipinski definition) is 4. The van der Waals surface area contributed by atoms with Crippen molar-refractivity contribution >= 4 is 23.9 Å². The topological polar surface area (TPSA) is 52.6 Å². The first kappa shape index (κ1) is 14.5. The minimum Gasteiger partial charge on any atom is -0.490 e. The molecule has 5 heteroatoms. The fourth-order valence-corrected chi connectivity index (χ4v) is 1.51. The molecule has 0 bridgehead atoms. The Balaban J connectivity index is 2.89. The molecular formula is C13H15ClO4. The van der Waals surface area contributed by atoms with Crippen LogP contribution < -0.4 is 9.47 Å². The highest BCUT2D eigenvalue weighted by Crippen LogP contribution is 2.30. The zero-order valence-corrected chi connectivity index (χ0v) is 10.9. The van der Waals surface area contributed by atoms with Gasteiger partial charge in [0.25, 0.3) is 0 Å². The van der Waals surface area contributed by atoms with Crippen LogP contribution in [0.5, 0.6) is 11.5 Å². The Bertz CT molecular complexity index is 417. The Labute approximate surface area is 111 Å². The molecule has 0 radical (unpaired) electrons. The van der Waals surface area contributed by atoms with Gasteiger partial charge in [0.2, 0.25) is 0 Å². The van der Waals surface area contributed by atoms with Crippen LogP contribution in [-0.2, 0) is 4.79 Å². The third-order valence-corrected chi connectivity index (χ3v) is 2.43. The monoisotopic (exact) mass is 270 g/mol. The van der Waals surface area contributed by atoms with E-state index in [4.69, 9.17) is 21.1 Å². The SMILES string of the molecule is CCOc1cccc(C=O)c1OC(=O)CCCCl. The van der Waals surface area contributed by atoms with Crippen molar-refractivity contribution in [2.24, 2.45) is 0 Å². The lowest BCUT2D eigenvalue weighted by Gasteiger charge is -2.12. The highest BCUT2D eigenvalue weighted by atomic mass is 35.5. The average molecular weight is 271 g/mol. The fourth-order valence-electron chi connectivity index (χ4n) is 1.38. The van der Waals surface area contributed by atoms with Crippen LogP contribution in [0.1, 0.15) is 30.1 Å². The number of esters is 1. The van der Waals surface area contributed by atoms with E-state index in [9.17, 15) is 9.59 Å². The molecule has 0 aliphatic rings. The van der Waals surface area contributed by atoms with Gasteiger partial charge in [-0.2, -0.15) is 0 Å². The van der Waals surface area contributed by atoms with Crippen LogP contribution in [0.3, 0.4) is 0 Å². The Morgan fingerprint density at radius 2 is 2.22 bits per heavy atom. The molecule has 4 nitrogen and oxygen atoms in total. The largest absolute Gasteiger partial charge is 0.490 e. The molecule has 0 saturated heterocycles. The van der Waals surface area contributed by atoms with Crippen molar-refractivity contribution in [3.63, 3.8) is 0 Å². The van der Waals surface area contributed by atoms with E-state index < -0.39 is 5.97 Å². The summed E-state index contributed by atoms with van der Waals surface area (Å²) in [6.45, 7) is 2.24. The standard InChI is InChI=1S/C13H15ClO4/c1-2-17-11-6-3-5-10(9-15)13(11)18-12(16)7-4-8-14/h3,5-6,9H,2,4,7-8H2,1H3. The molecular weight excluding hydrogens is 256 g/mol. The van der Waals surface area contributed by atoms with E-state index in [2.05, 4.69) is 0 Å². The van der Waals surface area contributed by atoms with Gasteiger partial charge in [-0.05, 0) is 25.5 Å². The molecule has 0 unspecified atom stereocenters. The van der Waals surface area contributed by atoms with Crippen LogP contribution in [0, 0.1) is 0 Å². The van der Waals surface area contributed by atoms with E-state index in [0.717, 1.165) is 0 Å². The van der Waals surface area contributed by atoms with Crippen molar-refractivity contribution < 1.29 is 19.1 Å². The van der Waals surface area contributed by atoms with Gasteiger partial charge in [-0.25, -0.2) is 0 Å². The van der Waals surface area contributed by atoms with E-state index in [-0.39, 0.29) is 12.2 Å². The third kappa shape index (κ3) is 4.04. The first-order valence-corrected chi connectivity index (χ1v) is 6.24. The van der Waals surface area contributed by atoms with Crippen LogP contribution >= 0.6 is 11.6 Å². The predicted octanol–water partition coefficient (Wildman–Crippen LogP) is 2.82. The maximum Gasteiger partial charge on any atom is 0.311 e. The Hall–Kier alpha value is -1.55. The van der Waals surface area contributed by atoms with Gasteiger partial charge in [0.1, 0.15) is 0 Å². The molecule has 0 heterocycles. The van der Waals surface area contributed by atoms with Gasteiger partial charge in [0, 0.05) is 12.3 Å². The number of aldehydes is 1. The number of rotatable bonds is 7. The smallest absolute Gasteiger partial charge is 0.311 e. The summed E-state index contributed by atoms with van der Waals surface area (Å²) in [4.78, 5) is 22.5. The van der Waals surface area contributed by atoms with E-state index in [0.29, 0.717) is 36.5 Å².